The fourth-order valence-corrected chi connectivity index (χ4v) is 7.81. The Hall–Kier alpha value is -3.63. The highest BCUT2D eigenvalue weighted by molar-refractivity contribution is 7.10. The smallest absolute Gasteiger partial charge is 0.310 e. The third-order valence-corrected chi connectivity index (χ3v) is 10.2. The topological polar surface area (TPSA) is 161 Å². The Morgan fingerprint density at radius 2 is 1.76 bits per heavy atom. The van der Waals surface area contributed by atoms with E-state index in [-0.39, 0.29) is 31.5 Å². The molecule has 14 heteroatoms. The Balaban J connectivity index is 1.16. The molecule has 1 aliphatic carbocycles. The number of carbonyl (C=O) groups excluding carboxylic acids is 1. The molecule has 3 N–H and O–H groups in total. The summed E-state index contributed by atoms with van der Waals surface area (Å²) in [6.07, 6.45) is -7.58. The molecule has 3 fully saturated rings. The van der Waals surface area contributed by atoms with Crippen molar-refractivity contribution in [1.82, 2.24) is 0 Å². The van der Waals surface area contributed by atoms with Crippen molar-refractivity contribution >= 4 is 17.3 Å². The first kappa shape index (κ1) is 26.4. The molecule has 1 aromatic heterocycles. The van der Waals surface area contributed by atoms with Gasteiger partial charge in [0.15, 0.2) is 35.6 Å². The third-order valence-electron chi connectivity index (χ3n) is 9.26. The van der Waals surface area contributed by atoms with Crippen molar-refractivity contribution in [3.8, 4) is 28.7 Å². The Bertz CT molecular complexity index is 1730. The van der Waals surface area contributed by atoms with E-state index < -0.39 is 79.6 Å². The standard InChI is InChI=1S/C32H32O13S/c1-37-19-6-13(7-20(38-2)25(19)33)23-14-8-17-18(42-12-41-17)9-15(14)28(16-10-39-30(36)24(16)23)44-32-27(35)26(34)29-21(43-32)11-40-31(45-29)22-4-3-5-46-22/h3-9,16,21,23-24,26-29,31-35H,10-12H2,1-2H3/t16?,21?,23-,24+,26-,27+,28?,29-,31?,32+/m1/s1/i1D3. The van der Waals surface area contributed by atoms with E-state index in [0.29, 0.717) is 28.2 Å². The van der Waals surface area contributed by atoms with Crippen molar-refractivity contribution in [2.75, 3.05) is 34.2 Å². The molecular formula is C32H32O13S. The van der Waals surface area contributed by atoms with Crippen LogP contribution < -0.4 is 18.9 Å². The van der Waals surface area contributed by atoms with E-state index in [9.17, 15) is 20.1 Å². The molecule has 4 unspecified atom stereocenters. The molecule has 0 saturated carbocycles. The summed E-state index contributed by atoms with van der Waals surface area (Å²) < 4.78 is 74.8. The monoisotopic (exact) mass is 659 g/mol. The number of hydrogen-bond donors (Lipinski definition) is 3. The lowest BCUT2D eigenvalue weighted by atomic mass is 9.66. The maximum absolute atomic E-state index is 13.6. The quantitative estimate of drug-likeness (QED) is 0.332. The minimum absolute atomic E-state index is 0.0426. The van der Waals surface area contributed by atoms with Crippen molar-refractivity contribution < 1.29 is 66.9 Å². The molecule has 8 rings (SSSR count). The minimum Gasteiger partial charge on any atom is -0.502 e. The molecule has 2 aromatic carbocycles. The number of esters is 1. The van der Waals surface area contributed by atoms with Gasteiger partial charge in [0.05, 0.1) is 48.4 Å². The van der Waals surface area contributed by atoms with Crippen molar-refractivity contribution in [2.24, 2.45) is 11.8 Å². The summed E-state index contributed by atoms with van der Waals surface area (Å²) in [7, 11) is -1.59. The van der Waals surface area contributed by atoms with Crippen LogP contribution in [0.2, 0.25) is 0 Å². The number of methoxy groups -OCH3 is 2. The highest BCUT2D eigenvalue weighted by Gasteiger charge is 2.56. The van der Waals surface area contributed by atoms with Crippen molar-refractivity contribution in [2.45, 2.75) is 49.0 Å². The second-order valence-corrected chi connectivity index (χ2v) is 12.6. The van der Waals surface area contributed by atoms with Gasteiger partial charge in [0.2, 0.25) is 12.5 Å². The van der Waals surface area contributed by atoms with E-state index in [1.165, 1.54) is 30.6 Å². The molecule has 0 spiro atoms. The van der Waals surface area contributed by atoms with Crippen LogP contribution in [0.1, 0.15) is 44.0 Å². The molecule has 3 aromatic rings. The first-order valence-corrected chi connectivity index (χ1v) is 15.6. The number of benzene rings is 2. The summed E-state index contributed by atoms with van der Waals surface area (Å²) in [5.41, 5.74) is 1.50. The molecule has 5 aliphatic rings. The molecular weight excluding hydrogens is 624 g/mol. The van der Waals surface area contributed by atoms with Crippen LogP contribution in [-0.2, 0) is 28.5 Å². The van der Waals surface area contributed by atoms with Gasteiger partial charge in [0.25, 0.3) is 0 Å². The van der Waals surface area contributed by atoms with Crippen LogP contribution in [0.4, 0.5) is 0 Å². The average Bonchev–Trinajstić information content (AvgIpc) is 3.85. The minimum atomic E-state index is -2.89. The SMILES string of the molecule is [2H]C([2H])([2H])Oc1cc([C@@H]2c3cc4c(cc3C(O[C@@H]3OC5COC(c6cccs6)O[C@H]5[C@H](O)[C@@H]3O)C3COC(=O)[C@@H]32)OCO4)cc(OC)c1O. The summed E-state index contributed by atoms with van der Waals surface area (Å²) in [6.45, 7) is -0.0342. The van der Waals surface area contributed by atoms with Gasteiger partial charge in [-0.05, 0) is 52.4 Å². The lowest BCUT2D eigenvalue weighted by Gasteiger charge is -2.48. The van der Waals surface area contributed by atoms with Crippen LogP contribution in [0, 0.1) is 11.8 Å². The van der Waals surface area contributed by atoms with Crippen LogP contribution >= 0.6 is 11.3 Å². The van der Waals surface area contributed by atoms with Gasteiger partial charge in [-0.3, -0.25) is 4.79 Å². The van der Waals surface area contributed by atoms with E-state index in [2.05, 4.69) is 0 Å². The van der Waals surface area contributed by atoms with Crippen LogP contribution in [0.3, 0.4) is 0 Å². The maximum atomic E-state index is 13.6. The van der Waals surface area contributed by atoms with E-state index >= 15 is 0 Å². The average molecular weight is 660 g/mol. The molecule has 46 heavy (non-hydrogen) atoms. The normalized spacial score (nSPS) is 35.5. The number of phenolic OH excluding ortho intramolecular Hbond substituents is 1. The van der Waals surface area contributed by atoms with Gasteiger partial charge in [-0.15, -0.1) is 11.3 Å². The van der Waals surface area contributed by atoms with Gasteiger partial charge in [-0.1, -0.05) is 6.07 Å². The molecule has 3 saturated heterocycles. The molecule has 0 amide bonds. The summed E-state index contributed by atoms with van der Waals surface area (Å²) in [5.74, 6) is -2.99. The number of carbonyl (C=O) groups is 1. The van der Waals surface area contributed by atoms with E-state index in [0.717, 1.165) is 4.88 Å². The molecule has 244 valence electrons. The number of ether oxygens (including phenoxy) is 9. The zero-order valence-electron chi connectivity index (χ0n) is 27.3. The molecule has 5 heterocycles. The van der Waals surface area contributed by atoms with Crippen molar-refractivity contribution in [1.29, 1.82) is 0 Å². The summed E-state index contributed by atoms with van der Waals surface area (Å²) >= 11 is 1.44. The number of fused-ring (bicyclic) bond motifs is 4. The zero-order valence-corrected chi connectivity index (χ0v) is 25.1. The first-order chi connectivity index (χ1) is 23.5. The van der Waals surface area contributed by atoms with Crippen LogP contribution in [0.25, 0.3) is 0 Å². The van der Waals surface area contributed by atoms with Gasteiger partial charge in [0.1, 0.15) is 24.4 Å². The van der Waals surface area contributed by atoms with E-state index in [4.69, 9.17) is 46.7 Å². The number of phenols is 1. The summed E-state index contributed by atoms with van der Waals surface area (Å²) in [4.78, 5) is 14.4. The molecule has 4 aliphatic heterocycles. The molecule has 13 nitrogen and oxygen atoms in total. The number of thiophene rings is 1. The number of aliphatic hydroxyl groups is 2. The van der Waals surface area contributed by atoms with Gasteiger partial charge in [-0.2, -0.15) is 0 Å². The van der Waals surface area contributed by atoms with E-state index in [1.807, 2.05) is 17.5 Å². The lowest BCUT2D eigenvalue weighted by molar-refractivity contribution is -0.368. The van der Waals surface area contributed by atoms with Gasteiger partial charge < -0.3 is 58.0 Å². The number of aliphatic hydroxyl groups excluding tert-OH is 2. The van der Waals surface area contributed by atoms with Crippen LogP contribution in [0.15, 0.2) is 41.8 Å². The first-order valence-electron chi connectivity index (χ1n) is 16.2. The number of hydrogen-bond acceptors (Lipinski definition) is 14. The van der Waals surface area contributed by atoms with Gasteiger partial charge in [-0.25, -0.2) is 0 Å². The Morgan fingerprint density at radius 3 is 2.50 bits per heavy atom. The Morgan fingerprint density at radius 1 is 0.978 bits per heavy atom. The highest BCUT2D eigenvalue weighted by atomic mass is 32.1. The van der Waals surface area contributed by atoms with Crippen molar-refractivity contribution in [3.63, 3.8) is 0 Å². The third kappa shape index (κ3) is 4.70. The van der Waals surface area contributed by atoms with Crippen LogP contribution in [0.5, 0.6) is 28.7 Å². The number of rotatable bonds is 6. The summed E-state index contributed by atoms with van der Waals surface area (Å²) in [6, 6.07) is 9.99. The molecule has 10 atom stereocenters. The zero-order chi connectivity index (χ0) is 34.2. The Kier molecular flexibility index (Phi) is 6.64. The van der Waals surface area contributed by atoms with Gasteiger partial charge >= 0.3 is 5.97 Å². The number of aromatic hydroxyl groups is 1. The molecule has 0 bridgehead atoms. The molecule has 0 radical (unpaired) electrons. The second kappa shape index (κ2) is 11.6. The second-order valence-electron chi connectivity index (χ2n) is 11.7. The van der Waals surface area contributed by atoms with Gasteiger partial charge in [0, 0.05) is 11.8 Å². The predicted octanol–water partition coefficient (Wildman–Crippen LogP) is 2.75. The van der Waals surface area contributed by atoms with Crippen molar-refractivity contribution in [3.05, 3.63) is 63.3 Å². The maximum Gasteiger partial charge on any atom is 0.310 e. The largest absolute Gasteiger partial charge is 0.502 e. The van der Waals surface area contributed by atoms with Crippen LogP contribution in [-0.4, -0.2) is 86.1 Å². The highest BCUT2D eigenvalue weighted by Crippen LogP contribution is 2.57. The Labute approximate surface area is 271 Å². The van der Waals surface area contributed by atoms with E-state index in [1.54, 1.807) is 12.1 Å². The fourth-order valence-electron chi connectivity index (χ4n) is 7.11. The fraction of sp³-hybridized carbons (Fsp3) is 0.469. The lowest BCUT2D eigenvalue weighted by Crippen LogP contribution is -2.62. The summed E-state index contributed by atoms with van der Waals surface area (Å²) in [5, 5.41) is 35.1. The predicted molar refractivity (Wildman–Crippen MR) is 156 cm³/mol. The number of cyclic esters (lactones) is 1.